The fourth-order valence-corrected chi connectivity index (χ4v) is 5.41. The van der Waals surface area contributed by atoms with Gasteiger partial charge in [0.1, 0.15) is 0 Å². The Bertz CT molecular complexity index is 1980. The molecule has 0 unspecified atom stereocenters. The van der Waals surface area contributed by atoms with Gasteiger partial charge in [0.15, 0.2) is 11.6 Å². The third-order valence-corrected chi connectivity index (χ3v) is 8.17. The summed E-state index contributed by atoms with van der Waals surface area (Å²) >= 11 is 0. The van der Waals surface area contributed by atoms with E-state index in [1.807, 2.05) is 86.6 Å². The van der Waals surface area contributed by atoms with E-state index in [9.17, 15) is 19.2 Å². The van der Waals surface area contributed by atoms with Crippen molar-refractivity contribution in [2.45, 2.75) is 13.8 Å². The van der Waals surface area contributed by atoms with Crippen LogP contribution in [-0.4, -0.2) is 23.4 Å². The van der Waals surface area contributed by atoms with E-state index in [1.165, 1.54) is 0 Å². The Kier molecular flexibility index (Phi) is 9.17. The molecule has 0 atom stereocenters. The van der Waals surface area contributed by atoms with Crippen molar-refractivity contribution in [1.82, 2.24) is 0 Å². The van der Waals surface area contributed by atoms with Crippen LogP contribution < -0.4 is 10.6 Å². The Morgan fingerprint density at radius 3 is 1.02 bits per heavy atom. The topological polar surface area (TPSA) is 92.3 Å². The fraction of sp³-hybridized carbons (Fsp3) is 0.0476. The molecule has 0 saturated heterocycles. The van der Waals surface area contributed by atoms with Crippen molar-refractivity contribution in [1.29, 1.82) is 0 Å². The molecular weight excluding hydrogens is 596 g/mol. The average Bonchev–Trinajstić information content (AvgIpc) is 3.13. The molecule has 234 valence electrons. The molecule has 0 fully saturated rings. The van der Waals surface area contributed by atoms with Gasteiger partial charge in [0, 0.05) is 44.8 Å². The van der Waals surface area contributed by atoms with Crippen LogP contribution in [0.15, 0.2) is 146 Å². The number of aryl methyl sites for hydroxylation is 2. The van der Waals surface area contributed by atoms with Crippen LogP contribution in [0.25, 0.3) is 11.1 Å². The van der Waals surface area contributed by atoms with Crippen molar-refractivity contribution in [3.8, 4) is 11.1 Å². The third-order valence-electron chi connectivity index (χ3n) is 8.17. The molecule has 6 aromatic rings. The largest absolute Gasteiger partial charge is 0.322 e. The van der Waals surface area contributed by atoms with Gasteiger partial charge in [-0.15, -0.1) is 0 Å². The normalized spacial score (nSPS) is 10.6. The first-order valence-electron chi connectivity index (χ1n) is 15.5. The predicted molar refractivity (Wildman–Crippen MR) is 190 cm³/mol. The molecule has 6 aromatic carbocycles. The molecule has 0 aliphatic carbocycles. The fourth-order valence-electron chi connectivity index (χ4n) is 5.41. The molecule has 2 amide bonds. The molecule has 0 aliphatic rings. The maximum absolute atomic E-state index is 13.0. The van der Waals surface area contributed by atoms with Gasteiger partial charge in [-0.3, -0.25) is 19.2 Å². The van der Waals surface area contributed by atoms with Crippen LogP contribution in [0.1, 0.15) is 63.7 Å². The number of rotatable bonds is 9. The highest BCUT2D eigenvalue weighted by molar-refractivity contribution is 6.11. The van der Waals surface area contributed by atoms with Crippen molar-refractivity contribution in [2.75, 3.05) is 10.6 Å². The summed E-state index contributed by atoms with van der Waals surface area (Å²) in [4.78, 5) is 51.4. The van der Waals surface area contributed by atoms with Crippen molar-refractivity contribution in [3.05, 3.63) is 190 Å². The summed E-state index contributed by atoms with van der Waals surface area (Å²) in [6.07, 6.45) is 0. The number of ketones is 2. The lowest BCUT2D eigenvalue weighted by Gasteiger charge is -2.13. The highest BCUT2D eigenvalue weighted by Crippen LogP contribution is 2.29. The molecule has 0 aliphatic heterocycles. The zero-order chi connectivity index (χ0) is 33.6. The molecule has 6 rings (SSSR count). The number of nitrogens with one attached hydrogen (secondary N) is 2. The number of amides is 2. The maximum atomic E-state index is 13.0. The lowest BCUT2D eigenvalue weighted by Crippen LogP contribution is -2.13. The highest BCUT2D eigenvalue weighted by atomic mass is 16.2. The average molecular weight is 629 g/mol. The number of hydrogen-bond acceptors (Lipinski definition) is 4. The van der Waals surface area contributed by atoms with Crippen LogP contribution in [-0.2, 0) is 0 Å². The molecule has 0 saturated carbocycles. The SMILES string of the molecule is Cc1cc(-c2ccc(NC(=O)c3ccc(C(=O)c4ccccc4)cc3)c(C)c2)ccc1NC(=O)c1ccc(C(=O)c2ccccc2)cc1. The van der Waals surface area contributed by atoms with E-state index in [1.54, 1.807) is 72.8 Å². The maximum Gasteiger partial charge on any atom is 0.255 e. The van der Waals surface area contributed by atoms with Gasteiger partial charge in [-0.25, -0.2) is 0 Å². The predicted octanol–water partition coefficient (Wildman–Crippen LogP) is 8.94. The van der Waals surface area contributed by atoms with Gasteiger partial charge in [-0.1, -0.05) is 97.1 Å². The summed E-state index contributed by atoms with van der Waals surface area (Å²) in [5.74, 6) is -0.721. The van der Waals surface area contributed by atoms with Crippen molar-refractivity contribution in [3.63, 3.8) is 0 Å². The quantitative estimate of drug-likeness (QED) is 0.156. The minimum absolute atomic E-state index is 0.0946. The van der Waals surface area contributed by atoms with E-state index in [0.717, 1.165) is 22.3 Å². The van der Waals surface area contributed by atoms with Gasteiger partial charge < -0.3 is 10.6 Å². The monoisotopic (exact) mass is 628 g/mol. The first-order chi connectivity index (χ1) is 23.3. The molecule has 0 radical (unpaired) electrons. The summed E-state index contributed by atoms with van der Waals surface area (Å²) in [6, 6.07) is 43.0. The molecule has 0 aromatic heterocycles. The van der Waals surface area contributed by atoms with Crippen molar-refractivity contribution < 1.29 is 19.2 Å². The van der Waals surface area contributed by atoms with Crippen LogP contribution in [0.2, 0.25) is 0 Å². The van der Waals surface area contributed by atoms with E-state index < -0.39 is 0 Å². The number of carbonyl (C=O) groups excluding carboxylic acids is 4. The third kappa shape index (κ3) is 7.03. The number of benzene rings is 6. The first kappa shape index (κ1) is 31.6. The molecule has 2 N–H and O–H groups in total. The van der Waals surface area contributed by atoms with Crippen LogP contribution in [0, 0.1) is 13.8 Å². The lowest BCUT2D eigenvalue weighted by molar-refractivity contribution is 0.101. The smallest absolute Gasteiger partial charge is 0.255 e. The van der Waals surface area contributed by atoms with Crippen LogP contribution in [0.5, 0.6) is 0 Å². The Morgan fingerprint density at radius 2 is 0.688 bits per heavy atom. The second-order valence-electron chi connectivity index (χ2n) is 11.5. The molecule has 0 spiro atoms. The van der Waals surface area contributed by atoms with Gasteiger partial charge in [0.05, 0.1) is 0 Å². The van der Waals surface area contributed by atoms with E-state index in [2.05, 4.69) is 10.6 Å². The molecule has 48 heavy (non-hydrogen) atoms. The second kappa shape index (κ2) is 13.9. The van der Waals surface area contributed by atoms with Gasteiger partial charge in [-0.05, 0) is 84.6 Å². The van der Waals surface area contributed by atoms with E-state index in [-0.39, 0.29) is 23.4 Å². The number of hydrogen-bond donors (Lipinski definition) is 2. The highest BCUT2D eigenvalue weighted by Gasteiger charge is 2.14. The van der Waals surface area contributed by atoms with Gasteiger partial charge >= 0.3 is 0 Å². The second-order valence-corrected chi connectivity index (χ2v) is 11.5. The Labute approximate surface area is 279 Å². The van der Waals surface area contributed by atoms with Crippen molar-refractivity contribution in [2.24, 2.45) is 0 Å². The van der Waals surface area contributed by atoms with Crippen LogP contribution in [0.4, 0.5) is 11.4 Å². The summed E-state index contributed by atoms with van der Waals surface area (Å²) < 4.78 is 0. The first-order valence-corrected chi connectivity index (χ1v) is 15.5. The molecule has 6 heteroatoms. The van der Waals surface area contributed by atoms with Crippen LogP contribution >= 0.6 is 0 Å². The van der Waals surface area contributed by atoms with Gasteiger partial charge in [0.2, 0.25) is 0 Å². The summed E-state index contributed by atoms with van der Waals surface area (Å²) in [6.45, 7) is 3.86. The summed E-state index contributed by atoms with van der Waals surface area (Å²) in [5.41, 5.74) is 8.22. The van der Waals surface area contributed by atoms with E-state index in [4.69, 9.17) is 0 Å². The number of carbonyl (C=O) groups is 4. The molecule has 6 nitrogen and oxygen atoms in total. The van der Waals surface area contributed by atoms with Gasteiger partial charge in [-0.2, -0.15) is 0 Å². The van der Waals surface area contributed by atoms with Crippen molar-refractivity contribution >= 4 is 34.8 Å². The lowest BCUT2D eigenvalue weighted by atomic mass is 9.99. The Balaban J connectivity index is 1.09. The molecular formula is C42H32N2O4. The zero-order valence-electron chi connectivity index (χ0n) is 26.5. The Morgan fingerprint density at radius 1 is 0.375 bits per heavy atom. The zero-order valence-corrected chi connectivity index (χ0v) is 26.5. The van der Waals surface area contributed by atoms with Gasteiger partial charge in [0.25, 0.3) is 11.8 Å². The van der Waals surface area contributed by atoms with E-state index in [0.29, 0.717) is 44.8 Å². The standard InChI is InChI=1S/C42H32N2O4/c1-27-25-35(21-23-37(27)43-41(47)33-17-13-31(14-18-33)39(45)29-9-5-3-6-10-29)36-22-24-38(28(2)26-36)44-42(48)34-19-15-32(16-20-34)40(46)30-11-7-4-8-12-30/h3-26H,1-2H3,(H,43,47)(H,44,48). The summed E-state index contributed by atoms with van der Waals surface area (Å²) in [7, 11) is 0. The van der Waals surface area contributed by atoms with Crippen LogP contribution in [0.3, 0.4) is 0 Å². The number of anilines is 2. The minimum atomic E-state index is -0.266. The minimum Gasteiger partial charge on any atom is -0.322 e. The van der Waals surface area contributed by atoms with E-state index >= 15 is 0 Å². The summed E-state index contributed by atoms with van der Waals surface area (Å²) in [5, 5.41) is 5.94. The molecule has 0 bridgehead atoms. The molecule has 0 heterocycles. The Hall–Kier alpha value is -6.40.